The van der Waals surface area contributed by atoms with Gasteiger partial charge >= 0.3 is 17.1 Å². The van der Waals surface area contributed by atoms with Crippen LogP contribution in [0.15, 0.2) is 72.8 Å². The van der Waals surface area contributed by atoms with Crippen LogP contribution in [0.1, 0.15) is 5.56 Å². The van der Waals surface area contributed by atoms with Gasteiger partial charge in [0.1, 0.15) is 0 Å². The largest absolute Gasteiger partial charge is 2.00 e. The van der Waals surface area contributed by atoms with Gasteiger partial charge in [-0.2, -0.15) is 18.2 Å². The number of hydrogen-bond acceptors (Lipinski definition) is 1. The number of benzene rings is 1. The van der Waals surface area contributed by atoms with Gasteiger partial charge < -0.3 is 4.90 Å². The minimum atomic E-state index is 0. The molecular formula is C19H20FeIN. The predicted molar refractivity (Wildman–Crippen MR) is 99.6 cm³/mol. The molecule has 3 aromatic rings. The van der Waals surface area contributed by atoms with Gasteiger partial charge in [-0.15, -0.1) is 41.5 Å². The summed E-state index contributed by atoms with van der Waals surface area (Å²) in [6.07, 6.45) is 0. The third-order valence-corrected chi connectivity index (χ3v) is 3.77. The molecule has 0 aromatic heterocycles. The summed E-state index contributed by atoms with van der Waals surface area (Å²) < 4.78 is 1.28. The molecule has 0 heterocycles. The Morgan fingerprint density at radius 1 is 1.05 bits per heavy atom. The van der Waals surface area contributed by atoms with Gasteiger partial charge in [-0.05, 0) is 46.8 Å². The Kier molecular flexibility index (Phi) is 8.72. The summed E-state index contributed by atoms with van der Waals surface area (Å²) in [4.78, 5) is 2.19. The van der Waals surface area contributed by atoms with Crippen LogP contribution in [0, 0.1) is 3.57 Å². The van der Waals surface area contributed by atoms with Crippen LogP contribution in [0.4, 0.5) is 0 Å². The van der Waals surface area contributed by atoms with Crippen molar-refractivity contribution in [1.82, 2.24) is 4.90 Å². The van der Waals surface area contributed by atoms with Crippen LogP contribution in [0.5, 0.6) is 0 Å². The van der Waals surface area contributed by atoms with Crippen LogP contribution in [-0.4, -0.2) is 19.0 Å². The monoisotopic (exact) mass is 445 g/mol. The van der Waals surface area contributed by atoms with Crippen molar-refractivity contribution in [3.05, 3.63) is 81.9 Å². The first-order valence-corrected chi connectivity index (χ1v) is 8.06. The maximum Gasteiger partial charge on any atom is 2.00 e. The summed E-state index contributed by atoms with van der Waals surface area (Å²) >= 11 is 2.33. The molecule has 0 saturated carbocycles. The topological polar surface area (TPSA) is 3.24 Å². The van der Waals surface area contributed by atoms with E-state index in [4.69, 9.17) is 0 Å². The molecule has 0 aliphatic heterocycles. The first-order chi connectivity index (χ1) is 10.1. The molecule has 3 rings (SSSR count). The summed E-state index contributed by atoms with van der Waals surface area (Å²) in [6, 6.07) is 25.3. The zero-order valence-corrected chi connectivity index (χ0v) is 16.1. The van der Waals surface area contributed by atoms with Gasteiger partial charge in [-0.1, -0.05) is 17.7 Å². The van der Waals surface area contributed by atoms with Crippen molar-refractivity contribution in [2.75, 3.05) is 14.1 Å². The first-order valence-electron chi connectivity index (χ1n) is 6.98. The van der Waals surface area contributed by atoms with Crippen LogP contribution in [0.25, 0.3) is 11.1 Å². The molecule has 0 fully saturated rings. The van der Waals surface area contributed by atoms with Crippen molar-refractivity contribution in [3.8, 4) is 11.1 Å². The standard InChI is InChI=1S/C14H15IN.C5H5.Fe/c1-16(2)10-11-3-4-13(9-11)12-5-7-14(15)8-6-12;1-2-4-5-3-1;/h3-9H,10H2,1-2H3;1-5H;/q2*-1;+2. The minimum absolute atomic E-state index is 0. The molecule has 0 saturated heterocycles. The molecular weight excluding hydrogens is 425 g/mol. The van der Waals surface area contributed by atoms with Gasteiger partial charge in [-0.3, -0.25) is 0 Å². The number of rotatable bonds is 3. The quantitative estimate of drug-likeness (QED) is 0.307. The molecule has 116 valence electrons. The minimum Gasteiger partial charge on any atom is -0.313 e. The van der Waals surface area contributed by atoms with E-state index in [9.17, 15) is 0 Å². The molecule has 0 radical (unpaired) electrons. The van der Waals surface area contributed by atoms with Crippen LogP contribution >= 0.6 is 22.6 Å². The van der Waals surface area contributed by atoms with Crippen molar-refractivity contribution in [1.29, 1.82) is 0 Å². The third-order valence-electron chi connectivity index (χ3n) is 3.05. The molecule has 0 amide bonds. The smallest absolute Gasteiger partial charge is 0.313 e. The average molecular weight is 445 g/mol. The van der Waals surface area contributed by atoms with Crippen molar-refractivity contribution in [2.45, 2.75) is 6.54 Å². The Bertz CT molecular complexity index is 607. The van der Waals surface area contributed by atoms with E-state index in [-0.39, 0.29) is 17.1 Å². The fraction of sp³-hybridized carbons (Fsp3) is 0.158. The van der Waals surface area contributed by atoms with Crippen molar-refractivity contribution in [3.63, 3.8) is 0 Å². The molecule has 0 atom stereocenters. The van der Waals surface area contributed by atoms with Gasteiger partial charge in [0.2, 0.25) is 0 Å². The van der Waals surface area contributed by atoms with E-state index in [0.29, 0.717) is 0 Å². The number of hydrogen-bond donors (Lipinski definition) is 0. The van der Waals surface area contributed by atoms with Gasteiger partial charge in [0.05, 0.1) is 0 Å². The average Bonchev–Trinajstić information content (AvgIpc) is 3.12. The molecule has 0 bridgehead atoms. The molecule has 22 heavy (non-hydrogen) atoms. The Morgan fingerprint density at radius 2 is 1.68 bits per heavy atom. The van der Waals surface area contributed by atoms with Gasteiger partial charge in [-0.25, -0.2) is 12.1 Å². The molecule has 0 spiro atoms. The fourth-order valence-electron chi connectivity index (χ4n) is 2.10. The summed E-state index contributed by atoms with van der Waals surface area (Å²) in [5, 5.41) is 0. The van der Waals surface area contributed by atoms with Gasteiger partial charge in [0.15, 0.2) is 0 Å². The second-order valence-corrected chi connectivity index (χ2v) is 6.46. The molecule has 0 aliphatic carbocycles. The summed E-state index contributed by atoms with van der Waals surface area (Å²) in [7, 11) is 4.19. The van der Waals surface area contributed by atoms with E-state index in [0.717, 1.165) is 6.54 Å². The zero-order chi connectivity index (χ0) is 15.1. The maximum atomic E-state index is 2.33. The van der Waals surface area contributed by atoms with E-state index >= 15 is 0 Å². The third kappa shape index (κ3) is 6.49. The first kappa shape index (κ1) is 19.2. The molecule has 0 N–H and O–H groups in total. The van der Waals surface area contributed by atoms with E-state index in [2.05, 4.69) is 84.1 Å². The summed E-state index contributed by atoms with van der Waals surface area (Å²) in [5.41, 5.74) is 3.98. The molecule has 3 heteroatoms. The summed E-state index contributed by atoms with van der Waals surface area (Å²) in [5.74, 6) is 0. The van der Waals surface area contributed by atoms with Crippen molar-refractivity contribution < 1.29 is 17.1 Å². The fourth-order valence-corrected chi connectivity index (χ4v) is 2.46. The Hall–Kier alpha value is -0.871. The predicted octanol–water partition coefficient (Wildman–Crippen LogP) is 5.14. The zero-order valence-electron chi connectivity index (χ0n) is 12.8. The van der Waals surface area contributed by atoms with Gasteiger partial charge in [0.25, 0.3) is 0 Å². The Morgan fingerprint density at radius 3 is 2.18 bits per heavy atom. The van der Waals surface area contributed by atoms with Crippen LogP contribution < -0.4 is 0 Å². The number of halogens is 1. The summed E-state index contributed by atoms with van der Waals surface area (Å²) in [6.45, 7) is 1.00. The van der Waals surface area contributed by atoms with Crippen LogP contribution in [0.3, 0.4) is 0 Å². The molecule has 1 nitrogen and oxygen atoms in total. The Labute approximate surface area is 157 Å². The van der Waals surface area contributed by atoms with Crippen LogP contribution in [0.2, 0.25) is 0 Å². The normalized spacial score (nSPS) is 9.82. The second-order valence-electron chi connectivity index (χ2n) is 5.21. The van der Waals surface area contributed by atoms with Crippen molar-refractivity contribution in [2.24, 2.45) is 0 Å². The van der Waals surface area contributed by atoms with E-state index in [1.54, 1.807) is 0 Å². The van der Waals surface area contributed by atoms with E-state index in [1.165, 1.54) is 20.3 Å². The van der Waals surface area contributed by atoms with Crippen molar-refractivity contribution >= 4 is 22.6 Å². The second kappa shape index (κ2) is 10.0. The van der Waals surface area contributed by atoms with Crippen LogP contribution in [-0.2, 0) is 23.6 Å². The van der Waals surface area contributed by atoms with E-state index in [1.807, 2.05) is 30.3 Å². The SMILES string of the molecule is CN(C)Cc1cc[c-](-c2ccc(I)cc2)c1.[Fe+2].c1cc[cH-]c1. The maximum absolute atomic E-state index is 2.33. The molecule has 3 aromatic carbocycles. The molecule has 0 aliphatic rings. The van der Waals surface area contributed by atoms with E-state index < -0.39 is 0 Å². The van der Waals surface area contributed by atoms with Gasteiger partial charge in [0, 0.05) is 0 Å². The Balaban J connectivity index is 0.000000344. The number of nitrogens with zero attached hydrogens (tertiary/aromatic N) is 1. The molecule has 0 unspecified atom stereocenters.